The van der Waals surface area contributed by atoms with Gasteiger partial charge in [0.1, 0.15) is 36.6 Å². The lowest BCUT2D eigenvalue weighted by Gasteiger charge is -2.26. The number of aliphatic hydroxyl groups is 1. The number of hydrogen-bond donors (Lipinski definition) is 3. The molecule has 0 saturated carbocycles. The topological polar surface area (TPSA) is 117 Å². The molecule has 1 atom stereocenters. The van der Waals surface area contributed by atoms with Crippen LogP contribution in [-0.2, 0) is 11.3 Å². The molecular weight excluding hydrogens is 489 g/mol. The highest BCUT2D eigenvalue weighted by Gasteiger charge is 2.29. The van der Waals surface area contributed by atoms with E-state index >= 15 is 4.39 Å². The van der Waals surface area contributed by atoms with Gasteiger partial charge in [-0.3, -0.25) is 9.48 Å². The molecule has 0 radical (unpaired) electrons. The third-order valence-electron chi connectivity index (χ3n) is 7.05. The van der Waals surface area contributed by atoms with Crippen molar-refractivity contribution in [1.82, 2.24) is 24.6 Å². The minimum Gasteiger partial charge on any atom is -0.474 e. The summed E-state index contributed by atoms with van der Waals surface area (Å²) in [5.41, 5.74) is 3.31. The number of fused-ring (bicyclic) bond motifs is 3. The van der Waals surface area contributed by atoms with Crippen LogP contribution in [-0.4, -0.2) is 61.4 Å². The molecule has 0 spiro atoms. The molecule has 0 bridgehead atoms. The van der Waals surface area contributed by atoms with Crippen LogP contribution in [0.5, 0.6) is 5.88 Å². The van der Waals surface area contributed by atoms with E-state index in [9.17, 15) is 9.90 Å². The Morgan fingerprint density at radius 3 is 2.79 bits per heavy atom. The molecule has 4 aromatic rings. The van der Waals surface area contributed by atoms with E-state index in [1.807, 2.05) is 26.8 Å². The molecule has 10 nitrogen and oxygen atoms in total. The number of amides is 1. The Morgan fingerprint density at radius 1 is 1.13 bits per heavy atom. The maximum absolute atomic E-state index is 15.2. The van der Waals surface area contributed by atoms with Crippen molar-refractivity contribution < 1.29 is 19.0 Å². The maximum Gasteiger partial charge on any atom is 0.244 e. The summed E-state index contributed by atoms with van der Waals surface area (Å²) in [4.78, 5) is 23.1. The van der Waals surface area contributed by atoms with E-state index in [1.54, 1.807) is 29.4 Å². The van der Waals surface area contributed by atoms with Crippen LogP contribution in [0.1, 0.15) is 31.2 Å². The third-order valence-corrected chi connectivity index (χ3v) is 7.05. The van der Waals surface area contributed by atoms with E-state index in [1.165, 1.54) is 10.7 Å². The monoisotopic (exact) mass is 517 g/mol. The minimum absolute atomic E-state index is 0.0126. The SMILES string of the molecule is Cc1c(-c2cc3cc(Nc4cc5n(n4)CC(=O)N(C(C)C)C[C@H]5O)ncc3cc2F)cnc2c1NCCO2. The van der Waals surface area contributed by atoms with Crippen LogP contribution >= 0.6 is 0 Å². The fourth-order valence-electron chi connectivity index (χ4n) is 5.05. The zero-order valence-electron chi connectivity index (χ0n) is 21.3. The molecule has 1 amide bonds. The van der Waals surface area contributed by atoms with Gasteiger partial charge >= 0.3 is 0 Å². The summed E-state index contributed by atoms with van der Waals surface area (Å²) in [7, 11) is 0. The molecule has 1 aromatic carbocycles. The predicted octanol–water partition coefficient (Wildman–Crippen LogP) is 3.77. The van der Waals surface area contributed by atoms with Gasteiger partial charge in [-0.25, -0.2) is 14.4 Å². The van der Waals surface area contributed by atoms with Gasteiger partial charge in [0, 0.05) is 47.6 Å². The second kappa shape index (κ2) is 9.25. The zero-order valence-corrected chi connectivity index (χ0v) is 21.3. The Bertz CT molecular complexity index is 1570. The summed E-state index contributed by atoms with van der Waals surface area (Å²) in [6.45, 7) is 7.22. The van der Waals surface area contributed by atoms with Gasteiger partial charge in [-0.1, -0.05) is 0 Å². The fraction of sp³-hybridized carbons (Fsp3) is 0.333. The Balaban J connectivity index is 1.31. The smallest absolute Gasteiger partial charge is 0.244 e. The van der Waals surface area contributed by atoms with E-state index in [0.717, 1.165) is 16.6 Å². The number of carbonyl (C=O) groups excluding carboxylic acids is 1. The number of benzene rings is 1. The Kier molecular flexibility index (Phi) is 5.87. The van der Waals surface area contributed by atoms with Crippen LogP contribution in [0.4, 0.5) is 21.7 Å². The first kappa shape index (κ1) is 24.1. The number of rotatable bonds is 4. The Labute approximate surface area is 218 Å². The third kappa shape index (κ3) is 4.18. The van der Waals surface area contributed by atoms with Crippen LogP contribution in [0.15, 0.2) is 36.7 Å². The van der Waals surface area contributed by atoms with Crippen LogP contribution in [0.3, 0.4) is 0 Å². The summed E-state index contributed by atoms with van der Waals surface area (Å²) < 4.78 is 22.3. The summed E-state index contributed by atoms with van der Waals surface area (Å²) >= 11 is 0. The average Bonchev–Trinajstić information content (AvgIpc) is 3.24. The second-order valence-electron chi connectivity index (χ2n) is 9.89. The highest BCUT2D eigenvalue weighted by molar-refractivity contribution is 5.90. The molecule has 0 unspecified atom stereocenters. The number of pyridine rings is 2. The Hall–Kier alpha value is -4.25. The summed E-state index contributed by atoms with van der Waals surface area (Å²) in [5.74, 6) is 1.02. The molecule has 11 heteroatoms. The van der Waals surface area contributed by atoms with Crippen molar-refractivity contribution in [3.05, 3.63) is 53.7 Å². The van der Waals surface area contributed by atoms with Gasteiger partial charge < -0.3 is 25.4 Å². The van der Waals surface area contributed by atoms with E-state index in [-0.39, 0.29) is 30.9 Å². The number of nitrogens with one attached hydrogen (secondary N) is 2. The summed E-state index contributed by atoms with van der Waals surface area (Å²) in [5, 5.41) is 23.1. The van der Waals surface area contributed by atoms with Crippen molar-refractivity contribution in [2.24, 2.45) is 0 Å². The molecule has 2 aliphatic heterocycles. The molecule has 0 fully saturated rings. The molecular formula is C27H28FN7O3. The maximum atomic E-state index is 15.2. The molecule has 0 aliphatic carbocycles. The lowest BCUT2D eigenvalue weighted by atomic mass is 9.98. The Morgan fingerprint density at radius 2 is 1.97 bits per heavy atom. The van der Waals surface area contributed by atoms with Gasteiger partial charge in [0.15, 0.2) is 5.82 Å². The highest BCUT2D eigenvalue weighted by atomic mass is 19.1. The number of ether oxygens (including phenoxy) is 1. The number of anilines is 3. The van der Waals surface area contributed by atoms with E-state index in [2.05, 4.69) is 25.7 Å². The van der Waals surface area contributed by atoms with Crippen LogP contribution in [0.25, 0.3) is 21.9 Å². The van der Waals surface area contributed by atoms with Crippen LogP contribution in [0, 0.1) is 12.7 Å². The van der Waals surface area contributed by atoms with Crippen molar-refractivity contribution in [3.63, 3.8) is 0 Å². The van der Waals surface area contributed by atoms with Crippen LogP contribution < -0.4 is 15.4 Å². The van der Waals surface area contributed by atoms with Gasteiger partial charge in [-0.15, -0.1) is 0 Å². The number of nitrogens with zero attached hydrogens (tertiary/aromatic N) is 5. The van der Waals surface area contributed by atoms with E-state index in [0.29, 0.717) is 52.9 Å². The normalized spacial score (nSPS) is 17.1. The van der Waals surface area contributed by atoms with E-state index in [4.69, 9.17) is 4.74 Å². The number of hydrogen-bond acceptors (Lipinski definition) is 8. The van der Waals surface area contributed by atoms with Crippen molar-refractivity contribution in [2.75, 3.05) is 30.3 Å². The predicted molar refractivity (Wildman–Crippen MR) is 141 cm³/mol. The van der Waals surface area contributed by atoms with Crippen molar-refractivity contribution in [3.8, 4) is 17.0 Å². The first-order chi connectivity index (χ1) is 18.3. The highest BCUT2D eigenvalue weighted by Crippen LogP contribution is 2.37. The molecule has 2 aliphatic rings. The molecule has 5 heterocycles. The molecule has 196 valence electrons. The van der Waals surface area contributed by atoms with Crippen molar-refractivity contribution >= 4 is 34.0 Å². The lowest BCUT2D eigenvalue weighted by Crippen LogP contribution is -2.39. The number of halogens is 1. The van der Waals surface area contributed by atoms with Gasteiger partial charge in [0.05, 0.1) is 12.2 Å². The molecule has 0 saturated heterocycles. The summed E-state index contributed by atoms with van der Waals surface area (Å²) in [6.07, 6.45) is 2.38. The molecule has 6 rings (SSSR count). The van der Waals surface area contributed by atoms with Gasteiger partial charge in [0.2, 0.25) is 11.8 Å². The number of carbonyl (C=O) groups is 1. The lowest BCUT2D eigenvalue weighted by molar-refractivity contribution is -0.134. The zero-order chi connectivity index (χ0) is 26.6. The quantitative estimate of drug-likeness (QED) is 0.375. The molecule has 38 heavy (non-hydrogen) atoms. The number of aromatic nitrogens is 4. The number of aliphatic hydroxyl groups excluding tert-OH is 1. The minimum atomic E-state index is -0.852. The van der Waals surface area contributed by atoms with Gasteiger partial charge in [-0.2, -0.15) is 5.10 Å². The number of β-amino-alcohol motifs (C(OH)–C–C–N with tert-alkyl or cyclic N) is 1. The fourth-order valence-corrected chi connectivity index (χ4v) is 5.05. The largest absolute Gasteiger partial charge is 0.474 e. The standard InChI is InChI=1S/C27H28FN7O3/c1-14(2)34-12-22(36)21-9-24(33-35(21)13-25(34)37)32-23-8-16-6-18(20(28)7-17(16)10-30-23)19-11-31-27-26(15(19)3)29-4-5-38-27/h6-11,14,22,29,36H,4-5,12-13H2,1-3H3,(H,30,32,33)/t22-/m1/s1. The first-order valence-electron chi connectivity index (χ1n) is 12.6. The first-order valence-corrected chi connectivity index (χ1v) is 12.6. The van der Waals surface area contributed by atoms with Crippen molar-refractivity contribution in [1.29, 1.82) is 0 Å². The van der Waals surface area contributed by atoms with E-state index < -0.39 is 6.10 Å². The van der Waals surface area contributed by atoms with Gasteiger partial charge in [-0.05, 0) is 49.9 Å². The molecule has 3 N–H and O–H groups in total. The second-order valence-corrected chi connectivity index (χ2v) is 9.89. The molecule has 3 aromatic heterocycles. The average molecular weight is 518 g/mol. The van der Waals surface area contributed by atoms with Gasteiger partial charge in [0.25, 0.3) is 0 Å². The summed E-state index contributed by atoms with van der Waals surface area (Å²) in [6, 6.07) is 6.77. The van der Waals surface area contributed by atoms with Crippen molar-refractivity contribution in [2.45, 2.75) is 39.5 Å². The van der Waals surface area contributed by atoms with Crippen LogP contribution in [0.2, 0.25) is 0 Å².